The summed E-state index contributed by atoms with van der Waals surface area (Å²) in [5.74, 6) is 2.04. The first-order valence-corrected chi connectivity index (χ1v) is 7.37. The predicted octanol–water partition coefficient (Wildman–Crippen LogP) is 3.19. The average molecular weight is 271 g/mol. The fourth-order valence-corrected chi connectivity index (χ4v) is 2.74. The summed E-state index contributed by atoms with van der Waals surface area (Å²) >= 11 is 0. The summed E-state index contributed by atoms with van der Waals surface area (Å²) in [5, 5.41) is 3.60. The first-order valence-electron chi connectivity index (χ1n) is 7.37. The minimum absolute atomic E-state index is 0.184. The van der Waals surface area contributed by atoms with Crippen LogP contribution in [0.4, 0.5) is 0 Å². The quantitative estimate of drug-likeness (QED) is 0.876. The number of fused-ring (bicyclic) bond motifs is 1. The van der Waals surface area contributed by atoms with Gasteiger partial charge in [-0.1, -0.05) is 25.1 Å². The molecule has 3 nitrogen and oxygen atoms in total. The second-order valence-corrected chi connectivity index (χ2v) is 5.31. The van der Waals surface area contributed by atoms with Crippen LogP contribution in [0.5, 0.6) is 5.75 Å². The Hall–Kier alpha value is -1.74. The molecule has 0 spiro atoms. The molecule has 1 aromatic carbocycles. The normalized spacial score (nSPS) is 18.6. The van der Waals surface area contributed by atoms with Gasteiger partial charge in [-0.2, -0.15) is 0 Å². The summed E-state index contributed by atoms with van der Waals surface area (Å²) in [7, 11) is 0. The van der Waals surface area contributed by atoms with Crippen LogP contribution >= 0.6 is 0 Å². The lowest BCUT2D eigenvalue weighted by atomic mass is 10.0. The Kier molecular flexibility index (Phi) is 4.07. The smallest absolute Gasteiger partial charge is 0.123 e. The average Bonchev–Trinajstić information content (AvgIpc) is 3.12. The maximum Gasteiger partial charge on any atom is 0.123 e. The van der Waals surface area contributed by atoms with Gasteiger partial charge >= 0.3 is 0 Å². The zero-order valence-electron chi connectivity index (χ0n) is 11.8. The molecule has 1 aliphatic heterocycles. The maximum atomic E-state index is 6.11. The zero-order chi connectivity index (χ0) is 13.8. The summed E-state index contributed by atoms with van der Waals surface area (Å²) in [6.45, 7) is 3.18. The number of benzene rings is 1. The molecule has 106 valence electrons. The highest BCUT2D eigenvalue weighted by Gasteiger charge is 2.30. The molecular weight excluding hydrogens is 250 g/mol. The topological polar surface area (TPSA) is 34.4 Å². The van der Waals surface area contributed by atoms with E-state index in [1.54, 1.807) is 6.26 Å². The summed E-state index contributed by atoms with van der Waals surface area (Å²) in [4.78, 5) is 0. The lowest BCUT2D eigenvalue weighted by Crippen LogP contribution is -2.44. The zero-order valence-corrected chi connectivity index (χ0v) is 11.8. The van der Waals surface area contributed by atoms with Crippen molar-refractivity contribution in [3.8, 4) is 5.75 Å². The number of hydrogen-bond acceptors (Lipinski definition) is 3. The first-order chi connectivity index (χ1) is 9.86. The van der Waals surface area contributed by atoms with Gasteiger partial charge in [-0.05, 0) is 36.7 Å². The van der Waals surface area contributed by atoms with Crippen molar-refractivity contribution in [2.45, 2.75) is 38.3 Å². The van der Waals surface area contributed by atoms with Crippen LogP contribution in [0.3, 0.4) is 0 Å². The summed E-state index contributed by atoms with van der Waals surface area (Å²) in [6.07, 6.45) is 4.87. The Bertz CT molecular complexity index is 511. The molecule has 1 N–H and O–H groups in total. The Balaban J connectivity index is 1.70. The summed E-state index contributed by atoms with van der Waals surface area (Å²) in [6, 6.07) is 12.6. The van der Waals surface area contributed by atoms with Crippen molar-refractivity contribution in [2.75, 3.05) is 6.54 Å². The van der Waals surface area contributed by atoms with Crippen molar-refractivity contribution in [2.24, 2.45) is 0 Å². The van der Waals surface area contributed by atoms with E-state index in [2.05, 4.69) is 30.4 Å². The van der Waals surface area contributed by atoms with Crippen LogP contribution in [0.1, 0.15) is 24.7 Å². The minimum Gasteiger partial charge on any atom is -0.488 e. The maximum absolute atomic E-state index is 6.11. The molecule has 0 saturated heterocycles. The lowest BCUT2D eigenvalue weighted by molar-refractivity contribution is 0.173. The molecule has 2 unspecified atom stereocenters. The van der Waals surface area contributed by atoms with Crippen LogP contribution < -0.4 is 10.1 Å². The third-order valence-corrected chi connectivity index (χ3v) is 3.78. The van der Waals surface area contributed by atoms with E-state index in [4.69, 9.17) is 9.15 Å². The largest absolute Gasteiger partial charge is 0.488 e. The molecule has 0 fully saturated rings. The van der Waals surface area contributed by atoms with Gasteiger partial charge in [-0.3, -0.25) is 0 Å². The fourth-order valence-electron chi connectivity index (χ4n) is 2.74. The molecular formula is C17H21NO2. The van der Waals surface area contributed by atoms with Gasteiger partial charge < -0.3 is 14.5 Å². The van der Waals surface area contributed by atoms with E-state index in [1.165, 1.54) is 5.56 Å². The highest BCUT2D eigenvalue weighted by Crippen LogP contribution is 2.30. The van der Waals surface area contributed by atoms with Crippen LogP contribution in [0.15, 0.2) is 47.1 Å². The highest BCUT2D eigenvalue weighted by atomic mass is 16.5. The molecule has 3 rings (SSSR count). The van der Waals surface area contributed by atoms with E-state index in [0.717, 1.165) is 37.3 Å². The van der Waals surface area contributed by atoms with Gasteiger partial charge in [0.05, 0.1) is 12.3 Å². The van der Waals surface area contributed by atoms with E-state index in [0.29, 0.717) is 0 Å². The number of furan rings is 1. The lowest BCUT2D eigenvalue weighted by Gasteiger charge is -2.23. The second-order valence-electron chi connectivity index (χ2n) is 5.31. The Morgan fingerprint density at radius 3 is 2.90 bits per heavy atom. The van der Waals surface area contributed by atoms with Gasteiger partial charge in [0.25, 0.3) is 0 Å². The standard InChI is InChI=1S/C17H21NO2/c1-2-9-18-15(12-14-7-5-10-19-14)17-11-13-6-3-4-8-16(13)20-17/h3-8,10,15,17-18H,2,9,11-12H2,1H3. The summed E-state index contributed by atoms with van der Waals surface area (Å²) < 4.78 is 11.6. The van der Waals surface area contributed by atoms with Gasteiger partial charge in [0, 0.05) is 12.8 Å². The molecule has 0 saturated carbocycles. The van der Waals surface area contributed by atoms with Crippen LogP contribution in [0.2, 0.25) is 0 Å². The predicted molar refractivity (Wildman–Crippen MR) is 79.1 cm³/mol. The van der Waals surface area contributed by atoms with Gasteiger partial charge in [0.2, 0.25) is 0 Å². The molecule has 3 heteroatoms. The number of hydrogen-bond donors (Lipinski definition) is 1. The number of ether oxygens (including phenoxy) is 1. The molecule has 2 heterocycles. The van der Waals surface area contributed by atoms with Crippen molar-refractivity contribution in [3.63, 3.8) is 0 Å². The number of nitrogens with one attached hydrogen (secondary N) is 1. The Labute approximate surface area is 119 Å². The van der Waals surface area contributed by atoms with Crippen molar-refractivity contribution in [1.82, 2.24) is 5.32 Å². The molecule has 0 aliphatic carbocycles. The Morgan fingerprint density at radius 1 is 1.25 bits per heavy atom. The van der Waals surface area contributed by atoms with Crippen LogP contribution in [-0.2, 0) is 12.8 Å². The summed E-state index contributed by atoms with van der Waals surface area (Å²) in [5.41, 5.74) is 1.31. The van der Waals surface area contributed by atoms with Gasteiger partial charge in [-0.15, -0.1) is 0 Å². The molecule has 20 heavy (non-hydrogen) atoms. The SMILES string of the molecule is CCCNC(Cc1ccco1)C1Cc2ccccc2O1. The first kappa shape index (κ1) is 13.3. The van der Waals surface area contributed by atoms with Crippen molar-refractivity contribution in [1.29, 1.82) is 0 Å². The van der Waals surface area contributed by atoms with E-state index < -0.39 is 0 Å². The highest BCUT2D eigenvalue weighted by molar-refractivity contribution is 5.37. The van der Waals surface area contributed by atoms with Gasteiger partial charge in [0.15, 0.2) is 0 Å². The monoisotopic (exact) mass is 271 g/mol. The van der Waals surface area contributed by atoms with E-state index in [9.17, 15) is 0 Å². The number of rotatable bonds is 6. The third kappa shape index (κ3) is 2.88. The van der Waals surface area contributed by atoms with Crippen LogP contribution in [-0.4, -0.2) is 18.7 Å². The van der Waals surface area contributed by atoms with Crippen molar-refractivity contribution in [3.05, 3.63) is 54.0 Å². The van der Waals surface area contributed by atoms with Crippen LogP contribution in [0.25, 0.3) is 0 Å². The number of para-hydroxylation sites is 1. The minimum atomic E-state index is 0.184. The van der Waals surface area contributed by atoms with E-state index in [-0.39, 0.29) is 12.1 Å². The molecule has 2 aromatic rings. The molecule has 1 aliphatic rings. The second kappa shape index (κ2) is 6.14. The van der Waals surface area contributed by atoms with Gasteiger partial charge in [0.1, 0.15) is 17.6 Å². The van der Waals surface area contributed by atoms with Crippen molar-refractivity contribution < 1.29 is 9.15 Å². The van der Waals surface area contributed by atoms with Crippen LogP contribution in [0, 0.1) is 0 Å². The molecule has 2 atom stereocenters. The third-order valence-electron chi connectivity index (χ3n) is 3.78. The van der Waals surface area contributed by atoms with Gasteiger partial charge in [-0.25, -0.2) is 0 Å². The fraction of sp³-hybridized carbons (Fsp3) is 0.412. The molecule has 0 radical (unpaired) electrons. The van der Waals surface area contributed by atoms with E-state index in [1.807, 2.05) is 18.2 Å². The molecule has 0 amide bonds. The Morgan fingerprint density at radius 2 is 2.15 bits per heavy atom. The molecule has 1 aromatic heterocycles. The van der Waals surface area contributed by atoms with E-state index >= 15 is 0 Å². The molecule has 0 bridgehead atoms. The van der Waals surface area contributed by atoms with Crippen molar-refractivity contribution >= 4 is 0 Å².